The molecule has 1 N–H and O–H groups in total. The summed E-state index contributed by atoms with van der Waals surface area (Å²) in [4.78, 5) is 1.13. The number of benzene rings is 1. The first-order valence-corrected chi connectivity index (χ1v) is 8.22. The molecule has 18 heavy (non-hydrogen) atoms. The molecular weight excluding hydrogens is 336 g/mol. The number of halogens is 1. The first-order valence-electron chi connectivity index (χ1n) is 5.17. The molecule has 96 valence electrons. The Morgan fingerprint density at radius 1 is 1.39 bits per heavy atom. The maximum absolute atomic E-state index is 12.1. The van der Waals surface area contributed by atoms with E-state index < -0.39 is 10.0 Å². The molecule has 1 aromatic carbocycles. The van der Waals surface area contributed by atoms with Crippen LogP contribution in [0.3, 0.4) is 0 Å². The molecule has 7 heteroatoms. The average Bonchev–Trinajstić information content (AvgIpc) is 2.82. The van der Waals surface area contributed by atoms with E-state index in [9.17, 15) is 8.42 Å². The van der Waals surface area contributed by atoms with E-state index in [1.54, 1.807) is 43.5 Å². The lowest BCUT2D eigenvalue weighted by molar-refractivity contribution is 0.568. The van der Waals surface area contributed by atoms with E-state index in [-0.39, 0.29) is 10.9 Å². The minimum atomic E-state index is -3.51. The van der Waals surface area contributed by atoms with Crippen LogP contribution < -0.4 is 4.72 Å². The zero-order valence-electron chi connectivity index (χ0n) is 9.50. The van der Waals surface area contributed by atoms with Crippen molar-refractivity contribution in [1.82, 2.24) is 9.10 Å². The Balaban J connectivity index is 2.22. The van der Waals surface area contributed by atoms with Crippen LogP contribution in [0.4, 0.5) is 0 Å². The van der Waals surface area contributed by atoms with Gasteiger partial charge in [-0.3, -0.25) is 0 Å². The molecule has 0 amide bonds. The van der Waals surface area contributed by atoms with Crippen LogP contribution >= 0.6 is 27.5 Å². The maximum atomic E-state index is 12.1. The summed E-state index contributed by atoms with van der Waals surface area (Å²) in [5, 5.41) is 0. The summed E-state index contributed by atoms with van der Waals surface area (Å²) in [7, 11) is -3.51. The van der Waals surface area contributed by atoms with Crippen molar-refractivity contribution in [3.05, 3.63) is 45.9 Å². The van der Waals surface area contributed by atoms with Gasteiger partial charge in [0.05, 0.1) is 10.9 Å². The lowest BCUT2D eigenvalue weighted by Gasteiger charge is -2.12. The quantitative estimate of drug-likeness (QED) is 0.925. The molecule has 0 saturated heterocycles. The highest BCUT2D eigenvalue weighted by Gasteiger charge is 2.19. The van der Waals surface area contributed by atoms with Crippen LogP contribution in [-0.4, -0.2) is 12.8 Å². The zero-order valence-corrected chi connectivity index (χ0v) is 12.7. The van der Waals surface area contributed by atoms with E-state index in [4.69, 9.17) is 0 Å². The van der Waals surface area contributed by atoms with Gasteiger partial charge < -0.3 is 0 Å². The summed E-state index contributed by atoms with van der Waals surface area (Å²) in [6.45, 7) is 1.79. The molecule has 0 fully saturated rings. The molecule has 2 aromatic rings. The van der Waals surface area contributed by atoms with Crippen LogP contribution in [0, 0.1) is 0 Å². The Morgan fingerprint density at radius 3 is 2.78 bits per heavy atom. The fourth-order valence-corrected chi connectivity index (χ4v) is 3.92. The van der Waals surface area contributed by atoms with E-state index >= 15 is 0 Å². The largest absolute Gasteiger partial charge is 0.241 e. The Bertz CT molecular complexity index is 626. The van der Waals surface area contributed by atoms with Gasteiger partial charge in [-0.15, -0.1) is 0 Å². The summed E-state index contributed by atoms with van der Waals surface area (Å²) >= 11 is 4.54. The number of nitrogens with zero attached hydrogens (tertiary/aromatic N) is 1. The second-order valence-corrected chi connectivity index (χ2v) is 7.21. The number of sulfonamides is 1. The number of rotatable bonds is 4. The third kappa shape index (κ3) is 3.17. The zero-order chi connectivity index (χ0) is 13.2. The van der Waals surface area contributed by atoms with Gasteiger partial charge in [-0.05, 0) is 42.7 Å². The first kappa shape index (κ1) is 13.7. The maximum Gasteiger partial charge on any atom is 0.241 e. The van der Waals surface area contributed by atoms with Gasteiger partial charge in [-0.25, -0.2) is 17.5 Å². The second kappa shape index (κ2) is 5.48. The van der Waals surface area contributed by atoms with Crippen molar-refractivity contribution in [3.63, 3.8) is 0 Å². The van der Waals surface area contributed by atoms with Crippen LogP contribution in [-0.2, 0) is 10.0 Å². The summed E-state index contributed by atoms with van der Waals surface area (Å²) < 4.78 is 31.6. The lowest BCUT2D eigenvalue weighted by atomic mass is 10.3. The van der Waals surface area contributed by atoms with Gasteiger partial charge in [0.15, 0.2) is 0 Å². The van der Waals surface area contributed by atoms with Crippen LogP contribution in [0.2, 0.25) is 0 Å². The molecule has 4 nitrogen and oxygen atoms in total. The van der Waals surface area contributed by atoms with Crippen LogP contribution in [0.5, 0.6) is 0 Å². The van der Waals surface area contributed by atoms with Gasteiger partial charge in [-0.1, -0.05) is 22.0 Å². The van der Waals surface area contributed by atoms with Gasteiger partial charge in [0, 0.05) is 15.5 Å². The fraction of sp³-hybridized carbons (Fsp3) is 0.182. The number of hydrogen-bond donors (Lipinski definition) is 1. The van der Waals surface area contributed by atoms with E-state index in [0.29, 0.717) is 0 Å². The monoisotopic (exact) mass is 346 g/mol. The lowest BCUT2D eigenvalue weighted by Crippen LogP contribution is -2.26. The topological polar surface area (TPSA) is 59.1 Å². The van der Waals surface area contributed by atoms with Crippen molar-refractivity contribution in [2.24, 2.45) is 0 Å². The number of aromatic nitrogens is 1. The normalized spacial score (nSPS) is 13.4. The predicted molar refractivity (Wildman–Crippen MR) is 75.0 cm³/mol. The van der Waals surface area contributed by atoms with Crippen molar-refractivity contribution < 1.29 is 8.42 Å². The number of hydrogen-bond acceptors (Lipinski definition) is 4. The molecule has 1 aromatic heterocycles. The van der Waals surface area contributed by atoms with Crippen molar-refractivity contribution >= 4 is 37.5 Å². The van der Waals surface area contributed by atoms with E-state index in [1.165, 1.54) is 11.5 Å². The summed E-state index contributed by atoms with van der Waals surface area (Å²) in [6, 6.07) is 8.12. The van der Waals surface area contributed by atoms with Crippen molar-refractivity contribution in [3.8, 4) is 0 Å². The first-order chi connectivity index (χ1) is 8.49. The van der Waals surface area contributed by atoms with Crippen LogP contribution in [0.25, 0.3) is 0 Å². The average molecular weight is 347 g/mol. The molecule has 1 atom stereocenters. The predicted octanol–water partition coefficient (Wildman–Crippen LogP) is 2.95. The molecule has 0 bridgehead atoms. The minimum Gasteiger partial charge on any atom is -0.207 e. The van der Waals surface area contributed by atoms with E-state index in [0.717, 1.165) is 9.35 Å². The highest BCUT2D eigenvalue weighted by Crippen LogP contribution is 2.21. The molecular formula is C11H11BrN2O2S2. The van der Waals surface area contributed by atoms with Crippen molar-refractivity contribution in [2.45, 2.75) is 17.9 Å². The van der Waals surface area contributed by atoms with Crippen molar-refractivity contribution in [2.75, 3.05) is 0 Å². The summed E-state index contributed by atoms with van der Waals surface area (Å²) in [5.41, 5.74) is 0. The molecule has 1 unspecified atom stereocenters. The summed E-state index contributed by atoms with van der Waals surface area (Å²) in [6.07, 6.45) is 1.66. The molecule has 0 aliphatic rings. The Morgan fingerprint density at radius 2 is 2.17 bits per heavy atom. The fourth-order valence-electron chi connectivity index (χ4n) is 1.44. The highest BCUT2D eigenvalue weighted by molar-refractivity contribution is 9.10. The van der Waals surface area contributed by atoms with E-state index in [2.05, 4.69) is 25.0 Å². The third-order valence-corrected chi connectivity index (χ3v) is 5.28. The van der Waals surface area contributed by atoms with Crippen LogP contribution in [0.15, 0.2) is 45.9 Å². The molecule has 0 radical (unpaired) electrons. The highest BCUT2D eigenvalue weighted by atomic mass is 79.9. The molecule has 2 rings (SSSR count). The van der Waals surface area contributed by atoms with E-state index in [1.807, 2.05) is 0 Å². The summed E-state index contributed by atoms with van der Waals surface area (Å²) in [5.74, 6) is 0. The molecule has 1 heterocycles. The van der Waals surface area contributed by atoms with Gasteiger partial charge in [0.2, 0.25) is 10.0 Å². The van der Waals surface area contributed by atoms with Gasteiger partial charge in [-0.2, -0.15) is 0 Å². The SMILES string of the molecule is CC(NS(=O)(=O)c1cccc(Br)c1)c1ccns1. The van der Waals surface area contributed by atoms with Crippen molar-refractivity contribution in [1.29, 1.82) is 0 Å². The van der Waals surface area contributed by atoms with Gasteiger partial charge in [0.25, 0.3) is 0 Å². The standard InChI is InChI=1S/C11H11BrN2O2S2/c1-8(11-5-6-13-17-11)14-18(15,16)10-4-2-3-9(12)7-10/h2-8,14H,1H3. The molecule has 0 spiro atoms. The smallest absolute Gasteiger partial charge is 0.207 e. The number of nitrogens with one attached hydrogen (secondary N) is 1. The molecule has 0 aliphatic heterocycles. The molecule has 0 saturated carbocycles. The minimum absolute atomic E-state index is 0.244. The van der Waals surface area contributed by atoms with Gasteiger partial charge >= 0.3 is 0 Å². The Kier molecular flexibility index (Phi) is 4.16. The van der Waals surface area contributed by atoms with Gasteiger partial charge in [0.1, 0.15) is 0 Å². The van der Waals surface area contributed by atoms with Crippen LogP contribution in [0.1, 0.15) is 17.8 Å². The molecule has 0 aliphatic carbocycles. The Labute approximate surface area is 118 Å². The third-order valence-electron chi connectivity index (χ3n) is 2.32. The Hall–Kier alpha value is -0.760. The second-order valence-electron chi connectivity index (χ2n) is 3.72.